The number of rotatable bonds is 3. The van der Waals surface area contributed by atoms with Crippen LogP contribution in [0.25, 0.3) is 0 Å². The Morgan fingerprint density at radius 1 is 1.33 bits per heavy atom. The summed E-state index contributed by atoms with van der Waals surface area (Å²) < 4.78 is 0. The predicted octanol–water partition coefficient (Wildman–Crippen LogP) is 1.39. The van der Waals surface area contributed by atoms with Gasteiger partial charge >= 0.3 is 5.97 Å². The first-order valence-corrected chi connectivity index (χ1v) is 5.77. The van der Waals surface area contributed by atoms with Gasteiger partial charge in [0, 0.05) is 17.8 Å². The Hall–Kier alpha value is -2.41. The molecule has 2 aromatic heterocycles. The third kappa shape index (κ3) is 2.46. The highest BCUT2D eigenvalue weighted by molar-refractivity contribution is 7.14. The maximum absolute atomic E-state index is 11.8. The zero-order valence-electron chi connectivity index (χ0n) is 8.97. The van der Waals surface area contributed by atoms with Crippen molar-refractivity contribution in [1.29, 1.82) is 0 Å². The molecule has 0 aliphatic rings. The molecule has 3 N–H and O–H groups in total. The number of hydrogen-bond acceptors (Lipinski definition) is 4. The van der Waals surface area contributed by atoms with Crippen LogP contribution in [0.15, 0.2) is 34.6 Å². The van der Waals surface area contributed by atoms with Gasteiger partial charge in [-0.1, -0.05) is 0 Å². The van der Waals surface area contributed by atoms with E-state index in [1.54, 1.807) is 5.38 Å². The number of aromatic carboxylic acids is 1. The summed E-state index contributed by atoms with van der Waals surface area (Å²) in [7, 11) is 0. The number of thiophene rings is 1. The lowest BCUT2D eigenvalue weighted by Crippen LogP contribution is -2.16. The number of anilines is 1. The average Bonchev–Trinajstić information content (AvgIpc) is 2.77. The molecule has 0 saturated carbocycles. The number of amides is 1. The van der Waals surface area contributed by atoms with Crippen LogP contribution in [0.3, 0.4) is 0 Å². The summed E-state index contributed by atoms with van der Waals surface area (Å²) in [5.74, 6) is -1.64. The van der Waals surface area contributed by atoms with Crippen molar-refractivity contribution in [3.05, 3.63) is 51.3 Å². The highest BCUT2D eigenvalue weighted by atomic mass is 32.1. The van der Waals surface area contributed by atoms with Gasteiger partial charge in [-0.25, -0.2) is 4.79 Å². The largest absolute Gasteiger partial charge is 0.478 e. The number of H-pyrrole nitrogens is 1. The lowest BCUT2D eigenvalue weighted by molar-refractivity contribution is 0.0698. The summed E-state index contributed by atoms with van der Waals surface area (Å²) in [6.07, 6.45) is 1.35. The molecule has 7 heteroatoms. The fraction of sp³-hybridized carbons (Fsp3) is 0. The monoisotopic (exact) mass is 264 g/mol. The molecule has 0 atom stereocenters. The number of aromatic nitrogens is 1. The van der Waals surface area contributed by atoms with Gasteiger partial charge in [-0.15, -0.1) is 11.3 Å². The quantitative estimate of drug-likeness (QED) is 0.779. The number of carbonyl (C=O) groups is 2. The molecular formula is C11H8N2O4S. The molecule has 0 aromatic carbocycles. The van der Waals surface area contributed by atoms with Gasteiger partial charge < -0.3 is 15.4 Å². The molecule has 0 bridgehead atoms. The SMILES string of the molecule is O=C(Nc1sccc1C(=O)O)c1cc[nH]c(=O)c1. The van der Waals surface area contributed by atoms with Crippen LogP contribution >= 0.6 is 11.3 Å². The molecule has 2 rings (SSSR count). The Kier molecular flexibility index (Phi) is 3.24. The molecule has 1 amide bonds. The van der Waals surface area contributed by atoms with Crippen LogP contribution in [-0.2, 0) is 0 Å². The van der Waals surface area contributed by atoms with Crippen molar-refractivity contribution >= 4 is 28.2 Å². The molecule has 0 radical (unpaired) electrons. The van der Waals surface area contributed by atoms with E-state index in [1.807, 2.05) is 0 Å². The Bertz CT molecular complexity index is 659. The van der Waals surface area contributed by atoms with Crippen molar-refractivity contribution < 1.29 is 14.7 Å². The average molecular weight is 264 g/mol. The Morgan fingerprint density at radius 2 is 2.11 bits per heavy atom. The number of carboxylic acid groups (broad SMARTS) is 1. The van der Waals surface area contributed by atoms with E-state index in [0.29, 0.717) is 0 Å². The minimum absolute atomic E-state index is 0.0261. The maximum Gasteiger partial charge on any atom is 0.338 e. The second-order valence-electron chi connectivity index (χ2n) is 3.36. The Labute approximate surface area is 105 Å². The van der Waals surface area contributed by atoms with Gasteiger partial charge in [0.25, 0.3) is 5.91 Å². The van der Waals surface area contributed by atoms with Gasteiger partial charge in [0.2, 0.25) is 5.56 Å². The van der Waals surface area contributed by atoms with Crippen LogP contribution in [0.5, 0.6) is 0 Å². The van der Waals surface area contributed by atoms with E-state index in [-0.39, 0.29) is 16.1 Å². The minimum atomic E-state index is -1.11. The van der Waals surface area contributed by atoms with Crippen molar-refractivity contribution in [1.82, 2.24) is 4.98 Å². The predicted molar refractivity (Wildman–Crippen MR) is 66.3 cm³/mol. The molecule has 0 aliphatic carbocycles. The number of aromatic amines is 1. The Morgan fingerprint density at radius 3 is 2.78 bits per heavy atom. The van der Waals surface area contributed by atoms with Gasteiger partial charge in [-0.2, -0.15) is 0 Å². The van der Waals surface area contributed by atoms with Crippen LogP contribution in [-0.4, -0.2) is 22.0 Å². The number of carbonyl (C=O) groups excluding carboxylic acids is 1. The first-order valence-electron chi connectivity index (χ1n) is 4.89. The fourth-order valence-electron chi connectivity index (χ4n) is 1.34. The molecular weight excluding hydrogens is 256 g/mol. The third-order valence-corrected chi connectivity index (χ3v) is 2.99. The van der Waals surface area contributed by atoms with E-state index >= 15 is 0 Å². The summed E-state index contributed by atoms with van der Waals surface area (Å²) in [6, 6.07) is 3.98. The smallest absolute Gasteiger partial charge is 0.338 e. The van der Waals surface area contributed by atoms with Crippen molar-refractivity contribution in [2.45, 2.75) is 0 Å². The number of pyridine rings is 1. The van der Waals surface area contributed by atoms with E-state index in [4.69, 9.17) is 5.11 Å². The van der Waals surface area contributed by atoms with Crippen LogP contribution in [0.4, 0.5) is 5.00 Å². The zero-order chi connectivity index (χ0) is 13.1. The van der Waals surface area contributed by atoms with E-state index in [1.165, 1.54) is 18.3 Å². The van der Waals surface area contributed by atoms with Gasteiger partial charge in [0.15, 0.2) is 0 Å². The highest BCUT2D eigenvalue weighted by Crippen LogP contribution is 2.23. The number of hydrogen-bond donors (Lipinski definition) is 3. The molecule has 0 fully saturated rings. The minimum Gasteiger partial charge on any atom is -0.478 e. The number of nitrogens with one attached hydrogen (secondary N) is 2. The zero-order valence-corrected chi connectivity index (χ0v) is 9.78. The van der Waals surface area contributed by atoms with Crippen molar-refractivity contribution in [3.8, 4) is 0 Å². The summed E-state index contributed by atoms with van der Waals surface area (Å²) in [5, 5.41) is 13.2. The fourth-order valence-corrected chi connectivity index (χ4v) is 2.11. The number of carboxylic acids is 1. The third-order valence-electron chi connectivity index (χ3n) is 2.16. The molecule has 92 valence electrons. The molecule has 0 spiro atoms. The Balaban J connectivity index is 2.24. The van der Waals surface area contributed by atoms with Crippen LogP contribution in [0, 0.1) is 0 Å². The molecule has 18 heavy (non-hydrogen) atoms. The molecule has 2 heterocycles. The van der Waals surface area contributed by atoms with Crippen molar-refractivity contribution in [2.24, 2.45) is 0 Å². The van der Waals surface area contributed by atoms with Crippen LogP contribution in [0.2, 0.25) is 0 Å². The molecule has 6 nitrogen and oxygen atoms in total. The molecule has 0 unspecified atom stereocenters. The first kappa shape index (κ1) is 12.1. The van der Waals surface area contributed by atoms with Crippen molar-refractivity contribution in [2.75, 3.05) is 5.32 Å². The molecule has 0 aliphatic heterocycles. The highest BCUT2D eigenvalue weighted by Gasteiger charge is 2.14. The van der Waals surface area contributed by atoms with Crippen LogP contribution in [0.1, 0.15) is 20.7 Å². The molecule has 2 aromatic rings. The summed E-state index contributed by atoms with van der Waals surface area (Å²) >= 11 is 1.11. The van der Waals surface area contributed by atoms with Gasteiger partial charge in [-0.05, 0) is 17.5 Å². The second kappa shape index (κ2) is 4.84. The molecule has 0 saturated heterocycles. The van der Waals surface area contributed by atoms with Crippen molar-refractivity contribution in [3.63, 3.8) is 0 Å². The van der Waals surface area contributed by atoms with E-state index in [0.717, 1.165) is 17.4 Å². The second-order valence-corrected chi connectivity index (χ2v) is 4.28. The lowest BCUT2D eigenvalue weighted by atomic mass is 10.2. The normalized spacial score (nSPS) is 10.0. The van der Waals surface area contributed by atoms with Gasteiger partial charge in [-0.3, -0.25) is 9.59 Å². The topological polar surface area (TPSA) is 99.3 Å². The van der Waals surface area contributed by atoms with E-state index in [2.05, 4.69) is 10.3 Å². The summed E-state index contributed by atoms with van der Waals surface area (Å²) in [5.41, 5.74) is -0.200. The van der Waals surface area contributed by atoms with Gasteiger partial charge in [0.05, 0.1) is 5.56 Å². The van der Waals surface area contributed by atoms with Crippen LogP contribution < -0.4 is 10.9 Å². The summed E-state index contributed by atoms with van der Waals surface area (Å²) in [6.45, 7) is 0. The van der Waals surface area contributed by atoms with E-state index < -0.39 is 17.4 Å². The first-order chi connectivity index (χ1) is 8.58. The van der Waals surface area contributed by atoms with E-state index in [9.17, 15) is 14.4 Å². The lowest BCUT2D eigenvalue weighted by Gasteiger charge is -2.03. The maximum atomic E-state index is 11.8. The van der Waals surface area contributed by atoms with Gasteiger partial charge in [0.1, 0.15) is 5.00 Å². The summed E-state index contributed by atoms with van der Waals surface area (Å²) in [4.78, 5) is 36.1. The standard InChI is InChI=1S/C11H8N2O4S/c14-8-5-6(1-3-12-8)9(15)13-10-7(11(16)17)2-4-18-10/h1-5H,(H,12,14)(H,13,15)(H,16,17).